The molecule has 0 spiro atoms. The number of aliphatic hydroxyl groups is 1. The standard InChI is InChI=1S/C11H12O5/c1-2-9(12)16-11(15)8-6-4-3-5-7(8)10(13)14/h3-6,9,12H,2H2,1H3,(H,13,14). The predicted molar refractivity (Wildman–Crippen MR) is 55.1 cm³/mol. The Kier molecular flexibility index (Phi) is 4.02. The number of carbonyl (C=O) groups excluding carboxylic acids is 1. The van der Waals surface area contributed by atoms with Crippen LogP contribution in [0, 0.1) is 0 Å². The average molecular weight is 224 g/mol. The second kappa shape index (κ2) is 5.27. The summed E-state index contributed by atoms with van der Waals surface area (Å²) in [6.07, 6.45) is -0.963. The summed E-state index contributed by atoms with van der Waals surface area (Å²) in [6.45, 7) is 1.64. The highest BCUT2D eigenvalue weighted by Gasteiger charge is 2.18. The summed E-state index contributed by atoms with van der Waals surface area (Å²) < 4.78 is 4.63. The SMILES string of the molecule is CCC(O)OC(=O)c1ccccc1C(=O)O. The molecule has 1 rings (SSSR count). The largest absolute Gasteiger partial charge is 0.478 e. The number of ether oxygens (including phenoxy) is 1. The normalized spacial score (nSPS) is 11.9. The molecule has 86 valence electrons. The van der Waals surface area contributed by atoms with E-state index >= 15 is 0 Å². The summed E-state index contributed by atoms with van der Waals surface area (Å²) >= 11 is 0. The zero-order chi connectivity index (χ0) is 12.1. The van der Waals surface area contributed by atoms with Gasteiger partial charge in [-0.3, -0.25) is 0 Å². The van der Waals surface area contributed by atoms with E-state index in [0.29, 0.717) is 0 Å². The Labute approximate surface area is 92.3 Å². The van der Waals surface area contributed by atoms with Crippen LogP contribution in [0.5, 0.6) is 0 Å². The number of hydrogen-bond donors (Lipinski definition) is 2. The van der Waals surface area contributed by atoms with Crippen molar-refractivity contribution in [1.82, 2.24) is 0 Å². The average Bonchev–Trinajstić information content (AvgIpc) is 2.28. The zero-order valence-electron chi connectivity index (χ0n) is 8.71. The lowest BCUT2D eigenvalue weighted by atomic mass is 10.1. The van der Waals surface area contributed by atoms with Gasteiger partial charge in [-0.15, -0.1) is 0 Å². The minimum atomic E-state index is -1.21. The van der Waals surface area contributed by atoms with Crippen LogP contribution in [0.3, 0.4) is 0 Å². The highest BCUT2D eigenvalue weighted by molar-refractivity contribution is 6.02. The molecule has 2 N–H and O–H groups in total. The van der Waals surface area contributed by atoms with E-state index in [1.165, 1.54) is 24.3 Å². The van der Waals surface area contributed by atoms with Gasteiger partial charge in [0, 0.05) is 6.42 Å². The first-order valence-electron chi connectivity index (χ1n) is 4.77. The molecule has 1 aromatic rings. The molecule has 0 amide bonds. The number of hydrogen-bond acceptors (Lipinski definition) is 4. The number of rotatable bonds is 4. The molecule has 0 aliphatic carbocycles. The van der Waals surface area contributed by atoms with Gasteiger partial charge in [-0.25, -0.2) is 9.59 Å². The van der Waals surface area contributed by atoms with Crippen LogP contribution in [0.15, 0.2) is 24.3 Å². The van der Waals surface area contributed by atoms with Crippen molar-refractivity contribution in [3.05, 3.63) is 35.4 Å². The summed E-state index contributed by atoms with van der Waals surface area (Å²) in [4.78, 5) is 22.3. The molecular weight excluding hydrogens is 212 g/mol. The van der Waals surface area contributed by atoms with E-state index in [-0.39, 0.29) is 17.5 Å². The number of carboxylic acids is 1. The number of carbonyl (C=O) groups is 2. The van der Waals surface area contributed by atoms with Crippen molar-refractivity contribution < 1.29 is 24.5 Å². The smallest absolute Gasteiger partial charge is 0.341 e. The molecule has 0 saturated carbocycles. The second-order valence-electron chi connectivity index (χ2n) is 3.12. The molecule has 0 aliphatic rings. The van der Waals surface area contributed by atoms with Gasteiger partial charge >= 0.3 is 11.9 Å². The van der Waals surface area contributed by atoms with Crippen LogP contribution in [0.2, 0.25) is 0 Å². The maximum absolute atomic E-state index is 11.5. The molecule has 0 saturated heterocycles. The van der Waals surface area contributed by atoms with Gasteiger partial charge in [0.25, 0.3) is 0 Å². The molecule has 0 radical (unpaired) electrons. The first-order valence-corrected chi connectivity index (χ1v) is 4.77. The van der Waals surface area contributed by atoms with Gasteiger partial charge in [-0.05, 0) is 12.1 Å². The summed E-state index contributed by atoms with van der Waals surface area (Å²) in [5.41, 5.74) is -0.210. The summed E-state index contributed by atoms with van der Waals surface area (Å²) in [5.74, 6) is -2.05. The fourth-order valence-corrected chi connectivity index (χ4v) is 1.12. The Morgan fingerprint density at radius 1 is 1.31 bits per heavy atom. The van der Waals surface area contributed by atoms with Gasteiger partial charge in [-0.1, -0.05) is 19.1 Å². The van der Waals surface area contributed by atoms with Crippen LogP contribution in [0.4, 0.5) is 0 Å². The Morgan fingerprint density at radius 3 is 2.38 bits per heavy atom. The number of benzene rings is 1. The van der Waals surface area contributed by atoms with Gasteiger partial charge in [0.2, 0.25) is 6.29 Å². The van der Waals surface area contributed by atoms with Crippen molar-refractivity contribution >= 4 is 11.9 Å². The maximum atomic E-state index is 11.5. The van der Waals surface area contributed by atoms with Gasteiger partial charge in [0.1, 0.15) is 0 Å². The van der Waals surface area contributed by atoms with E-state index < -0.39 is 18.2 Å². The molecular formula is C11H12O5. The van der Waals surface area contributed by atoms with Crippen molar-refractivity contribution in [3.63, 3.8) is 0 Å². The Balaban J connectivity index is 2.95. The van der Waals surface area contributed by atoms with E-state index in [2.05, 4.69) is 4.74 Å². The van der Waals surface area contributed by atoms with E-state index in [0.717, 1.165) is 0 Å². The lowest BCUT2D eigenvalue weighted by molar-refractivity contribution is -0.0657. The first kappa shape index (κ1) is 12.2. The summed E-state index contributed by atoms with van der Waals surface area (Å²) in [6, 6.07) is 5.68. The quantitative estimate of drug-likeness (QED) is 0.594. The number of aromatic carboxylic acids is 1. The molecule has 5 nitrogen and oxygen atoms in total. The van der Waals surface area contributed by atoms with Crippen molar-refractivity contribution in [2.45, 2.75) is 19.6 Å². The summed E-state index contributed by atoms with van der Waals surface area (Å²) in [7, 11) is 0. The lowest BCUT2D eigenvalue weighted by Crippen LogP contribution is -2.18. The second-order valence-corrected chi connectivity index (χ2v) is 3.12. The molecule has 0 heterocycles. The van der Waals surface area contributed by atoms with Crippen molar-refractivity contribution in [2.24, 2.45) is 0 Å². The number of esters is 1. The molecule has 1 aromatic carbocycles. The molecule has 0 aromatic heterocycles. The van der Waals surface area contributed by atoms with Gasteiger partial charge in [0.15, 0.2) is 0 Å². The fourth-order valence-electron chi connectivity index (χ4n) is 1.12. The molecule has 1 atom stereocenters. The minimum Gasteiger partial charge on any atom is -0.478 e. The third-order valence-corrected chi connectivity index (χ3v) is 1.97. The topological polar surface area (TPSA) is 83.8 Å². The lowest BCUT2D eigenvalue weighted by Gasteiger charge is -2.10. The van der Waals surface area contributed by atoms with Gasteiger partial charge < -0.3 is 14.9 Å². The maximum Gasteiger partial charge on any atom is 0.341 e. The number of carboxylic acid groups (broad SMARTS) is 1. The molecule has 1 unspecified atom stereocenters. The number of aliphatic hydroxyl groups excluding tert-OH is 1. The van der Waals surface area contributed by atoms with Gasteiger partial charge in [0.05, 0.1) is 11.1 Å². The van der Waals surface area contributed by atoms with Crippen LogP contribution in [0.25, 0.3) is 0 Å². The van der Waals surface area contributed by atoms with E-state index in [1.807, 2.05) is 0 Å². The zero-order valence-corrected chi connectivity index (χ0v) is 8.71. The molecule has 16 heavy (non-hydrogen) atoms. The minimum absolute atomic E-state index is 0.0671. The van der Waals surface area contributed by atoms with E-state index in [4.69, 9.17) is 10.2 Å². The van der Waals surface area contributed by atoms with Crippen molar-refractivity contribution in [3.8, 4) is 0 Å². The van der Waals surface area contributed by atoms with Crippen molar-refractivity contribution in [1.29, 1.82) is 0 Å². The highest BCUT2D eigenvalue weighted by atomic mass is 16.6. The van der Waals surface area contributed by atoms with Crippen LogP contribution in [-0.4, -0.2) is 28.4 Å². The van der Waals surface area contributed by atoms with Gasteiger partial charge in [-0.2, -0.15) is 0 Å². The van der Waals surface area contributed by atoms with Crippen LogP contribution < -0.4 is 0 Å². The Hall–Kier alpha value is -1.88. The molecule has 0 fully saturated rings. The van der Waals surface area contributed by atoms with Crippen LogP contribution in [0.1, 0.15) is 34.1 Å². The van der Waals surface area contributed by atoms with E-state index in [1.54, 1.807) is 6.92 Å². The highest BCUT2D eigenvalue weighted by Crippen LogP contribution is 2.11. The Bertz CT molecular complexity index is 399. The summed E-state index contributed by atoms with van der Waals surface area (Å²) in [5, 5.41) is 18.0. The predicted octanol–water partition coefficient (Wildman–Crippen LogP) is 1.27. The van der Waals surface area contributed by atoms with Crippen LogP contribution in [-0.2, 0) is 4.74 Å². The fraction of sp³-hybridized carbons (Fsp3) is 0.273. The Morgan fingerprint density at radius 2 is 1.88 bits per heavy atom. The van der Waals surface area contributed by atoms with Crippen molar-refractivity contribution in [2.75, 3.05) is 0 Å². The van der Waals surface area contributed by atoms with Crippen LogP contribution >= 0.6 is 0 Å². The third kappa shape index (κ3) is 2.80. The first-order chi connectivity index (χ1) is 7.56. The molecule has 0 aliphatic heterocycles. The molecule has 5 heteroatoms. The molecule has 0 bridgehead atoms. The monoisotopic (exact) mass is 224 g/mol. The third-order valence-electron chi connectivity index (χ3n) is 1.97. The van der Waals surface area contributed by atoms with E-state index in [9.17, 15) is 9.59 Å².